The lowest BCUT2D eigenvalue weighted by molar-refractivity contribution is 0.625. The van der Waals surface area contributed by atoms with Gasteiger partial charge < -0.3 is 5.32 Å². The lowest BCUT2D eigenvalue weighted by Crippen LogP contribution is -2.18. The van der Waals surface area contributed by atoms with E-state index < -0.39 is 0 Å². The first-order chi connectivity index (χ1) is 6.75. The lowest BCUT2D eigenvalue weighted by Gasteiger charge is -2.13. The Balaban J connectivity index is 2.08. The highest BCUT2D eigenvalue weighted by Gasteiger charge is 2.16. The Morgan fingerprint density at radius 3 is 3.00 bits per heavy atom. The van der Waals surface area contributed by atoms with Gasteiger partial charge in [0.25, 0.3) is 0 Å². The third-order valence-electron chi connectivity index (χ3n) is 2.22. The first-order valence-corrected chi connectivity index (χ1v) is 6.50. The largest absolute Gasteiger partial charge is 0.379 e. The van der Waals surface area contributed by atoms with Crippen molar-refractivity contribution in [3.8, 4) is 0 Å². The van der Waals surface area contributed by atoms with Gasteiger partial charge in [-0.25, -0.2) is 4.39 Å². The van der Waals surface area contributed by atoms with Gasteiger partial charge in [-0.05, 0) is 30.4 Å². The number of hydrogen-bond acceptors (Lipinski definition) is 2. The first-order valence-electron chi connectivity index (χ1n) is 4.55. The van der Waals surface area contributed by atoms with Crippen molar-refractivity contribution in [3.05, 3.63) is 28.5 Å². The number of nitrogens with one attached hydrogen (secondary N) is 1. The number of benzene rings is 1. The van der Waals surface area contributed by atoms with Gasteiger partial charge in [-0.2, -0.15) is 11.8 Å². The maximum absolute atomic E-state index is 13.4. The molecule has 1 aromatic rings. The highest BCUT2D eigenvalue weighted by atomic mass is 79.9. The maximum Gasteiger partial charge on any atom is 0.147 e. The highest BCUT2D eigenvalue weighted by Crippen LogP contribution is 2.24. The second kappa shape index (κ2) is 4.53. The van der Waals surface area contributed by atoms with Crippen LogP contribution in [0.4, 0.5) is 10.1 Å². The summed E-state index contributed by atoms with van der Waals surface area (Å²) in [4.78, 5) is 0. The van der Waals surface area contributed by atoms with Crippen LogP contribution in [0.15, 0.2) is 22.7 Å². The minimum absolute atomic E-state index is 0.184. The topological polar surface area (TPSA) is 12.0 Å². The summed E-state index contributed by atoms with van der Waals surface area (Å²) in [6.07, 6.45) is 1.13. The molecule has 1 saturated heterocycles. The molecule has 1 aromatic carbocycles. The van der Waals surface area contributed by atoms with Crippen LogP contribution < -0.4 is 5.32 Å². The van der Waals surface area contributed by atoms with Crippen molar-refractivity contribution >= 4 is 33.4 Å². The zero-order valence-corrected chi connectivity index (χ0v) is 10.00. The molecule has 0 aromatic heterocycles. The van der Waals surface area contributed by atoms with E-state index in [-0.39, 0.29) is 5.82 Å². The van der Waals surface area contributed by atoms with Crippen LogP contribution in [0.2, 0.25) is 0 Å². The Morgan fingerprint density at radius 2 is 2.36 bits per heavy atom. The van der Waals surface area contributed by atoms with Gasteiger partial charge in [0.05, 0.1) is 5.69 Å². The van der Waals surface area contributed by atoms with Gasteiger partial charge in [0, 0.05) is 16.3 Å². The van der Waals surface area contributed by atoms with Crippen LogP contribution in [0.3, 0.4) is 0 Å². The quantitative estimate of drug-likeness (QED) is 0.887. The monoisotopic (exact) mass is 275 g/mol. The van der Waals surface area contributed by atoms with Crippen molar-refractivity contribution in [2.24, 2.45) is 0 Å². The van der Waals surface area contributed by atoms with Crippen molar-refractivity contribution in [3.63, 3.8) is 0 Å². The van der Waals surface area contributed by atoms with Crippen LogP contribution in [0.1, 0.15) is 6.42 Å². The molecule has 14 heavy (non-hydrogen) atoms. The first kappa shape index (κ1) is 10.3. The Morgan fingerprint density at radius 1 is 1.50 bits per heavy atom. The molecule has 1 aliphatic heterocycles. The van der Waals surface area contributed by atoms with Crippen molar-refractivity contribution < 1.29 is 4.39 Å². The Kier molecular flexibility index (Phi) is 3.34. The van der Waals surface area contributed by atoms with Crippen LogP contribution in [-0.2, 0) is 0 Å². The summed E-state index contributed by atoms with van der Waals surface area (Å²) in [5.74, 6) is 2.07. The van der Waals surface area contributed by atoms with Crippen molar-refractivity contribution in [2.75, 3.05) is 16.8 Å². The van der Waals surface area contributed by atoms with E-state index in [9.17, 15) is 4.39 Å². The molecule has 0 amide bonds. The van der Waals surface area contributed by atoms with Gasteiger partial charge in [-0.1, -0.05) is 15.9 Å². The zero-order chi connectivity index (χ0) is 9.97. The molecular formula is C10H11BrFNS. The fraction of sp³-hybridized carbons (Fsp3) is 0.400. The molecule has 1 unspecified atom stereocenters. The molecule has 2 rings (SSSR count). The van der Waals surface area contributed by atoms with Gasteiger partial charge in [0.15, 0.2) is 0 Å². The molecule has 1 atom stereocenters. The minimum atomic E-state index is -0.184. The smallest absolute Gasteiger partial charge is 0.147 e. The van der Waals surface area contributed by atoms with E-state index in [1.165, 1.54) is 11.8 Å². The average molecular weight is 276 g/mol. The van der Waals surface area contributed by atoms with E-state index in [2.05, 4.69) is 21.2 Å². The second-order valence-electron chi connectivity index (χ2n) is 3.33. The molecule has 0 aliphatic carbocycles. The molecule has 1 heterocycles. The Hall–Kier alpha value is -0.220. The molecule has 1 aliphatic rings. The number of halogens is 2. The van der Waals surface area contributed by atoms with Gasteiger partial charge in [-0.3, -0.25) is 0 Å². The summed E-state index contributed by atoms with van der Waals surface area (Å²) in [5.41, 5.74) is 0.612. The SMILES string of the molecule is Fc1cc(Br)ccc1NC1CCSC1. The molecule has 4 heteroatoms. The molecular weight excluding hydrogens is 265 g/mol. The molecule has 0 spiro atoms. The highest BCUT2D eigenvalue weighted by molar-refractivity contribution is 9.10. The van der Waals surface area contributed by atoms with E-state index in [4.69, 9.17) is 0 Å². The summed E-state index contributed by atoms with van der Waals surface area (Å²) in [6.45, 7) is 0. The molecule has 1 N–H and O–H groups in total. The summed E-state index contributed by atoms with van der Waals surface area (Å²) in [6, 6.07) is 5.55. The number of anilines is 1. The number of hydrogen-bond donors (Lipinski definition) is 1. The summed E-state index contributed by atoms with van der Waals surface area (Å²) in [5, 5.41) is 3.22. The van der Waals surface area contributed by atoms with Gasteiger partial charge >= 0.3 is 0 Å². The standard InChI is InChI=1S/C10H11BrFNS/c11-7-1-2-10(9(12)5-7)13-8-3-4-14-6-8/h1-2,5,8,13H,3-4,6H2. The minimum Gasteiger partial charge on any atom is -0.379 e. The summed E-state index contributed by atoms with van der Waals surface area (Å²) in [7, 11) is 0. The lowest BCUT2D eigenvalue weighted by atomic mass is 10.2. The van der Waals surface area contributed by atoms with Gasteiger partial charge in [0.2, 0.25) is 0 Å². The number of rotatable bonds is 2. The van der Waals surface area contributed by atoms with Crippen LogP contribution in [-0.4, -0.2) is 17.5 Å². The molecule has 0 saturated carbocycles. The van der Waals surface area contributed by atoms with Crippen LogP contribution in [0, 0.1) is 5.82 Å². The van der Waals surface area contributed by atoms with E-state index >= 15 is 0 Å². The van der Waals surface area contributed by atoms with Gasteiger partial charge in [-0.15, -0.1) is 0 Å². The molecule has 76 valence electrons. The normalized spacial score (nSPS) is 21.1. The van der Waals surface area contributed by atoms with E-state index in [1.54, 1.807) is 6.07 Å². The third-order valence-corrected chi connectivity index (χ3v) is 3.88. The maximum atomic E-state index is 13.4. The van der Waals surface area contributed by atoms with Crippen LogP contribution in [0.5, 0.6) is 0 Å². The third kappa shape index (κ3) is 2.42. The Bertz CT molecular complexity index is 326. The predicted molar refractivity (Wildman–Crippen MR) is 63.5 cm³/mol. The second-order valence-corrected chi connectivity index (χ2v) is 5.39. The zero-order valence-electron chi connectivity index (χ0n) is 7.59. The Labute approximate surface area is 95.6 Å². The van der Waals surface area contributed by atoms with Crippen molar-refractivity contribution in [1.29, 1.82) is 0 Å². The van der Waals surface area contributed by atoms with Crippen molar-refractivity contribution in [1.82, 2.24) is 0 Å². The molecule has 1 fully saturated rings. The fourth-order valence-electron chi connectivity index (χ4n) is 1.47. The van der Waals surface area contributed by atoms with Crippen LogP contribution >= 0.6 is 27.7 Å². The summed E-state index contributed by atoms with van der Waals surface area (Å²) < 4.78 is 14.2. The van der Waals surface area contributed by atoms with Gasteiger partial charge in [0.1, 0.15) is 5.82 Å². The van der Waals surface area contributed by atoms with Crippen molar-refractivity contribution in [2.45, 2.75) is 12.5 Å². The molecule has 1 nitrogen and oxygen atoms in total. The van der Waals surface area contributed by atoms with E-state index in [1.807, 2.05) is 17.8 Å². The summed E-state index contributed by atoms with van der Waals surface area (Å²) >= 11 is 5.15. The molecule has 0 radical (unpaired) electrons. The predicted octanol–water partition coefficient (Wildman–Crippen LogP) is 3.51. The van der Waals surface area contributed by atoms with Crippen LogP contribution in [0.25, 0.3) is 0 Å². The average Bonchev–Trinajstić information content (AvgIpc) is 2.62. The molecule has 0 bridgehead atoms. The number of thioether (sulfide) groups is 1. The fourth-order valence-corrected chi connectivity index (χ4v) is 2.96. The van der Waals surface area contributed by atoms with E-state index in [0.717, 1.165) is 16.6 Å². The van der Waals surface area contributed by atoms with E-state index in [0.29, 0.717) is 11.7 Å².